The van der Waals surface area contributed by atoms with Gasteiger partial charge in [-0.05, 0) is 47.4 Å². The van der Waals surface area contributed by atoms with Crippen LogP contribution in [0.2, 0.25) is 0 Å². The number of nitrogens with one attached hydrogen (secondary N) is 2. The number of aromatic amines is 1. The average molecular weight is 455 g/mol. The smallest absolute Gasteiger partial charge is 0.490 e. The van der Waals surface area contributed by atoms with E-state index in [1.165, 1.54) is 12.1 Å². The number of carbonyl (C=O) groups is 1. The lowest BCUT2D eigenvalue weighted by Crippen LogP contribution is -2.45. The van der Waals surface area contributed by atoms with Crippen molar-refractivity contribution < 1.29 is 37.3 Å². The highest BCUT2D eigenvalue weighted by atomic mass is 19.4. The number of carboxylic acid groups (broad SMARTS) is 1. The number of ether oxygens (including phenoxy) is 1. The Morgan fingerprint density at radius 1 is 1.25 bits per heavy atom. The molecule has 32 heavy (non-hydrogen) atoms. The molecule has 0 aliphatic carbocycles. The monoisotopic (exact) mass is 455 g/mol. The number of nitrogens with zero attached hydrogens (tertiary/aromatic N) is 1. The van der Waals surface area contributed by atoms with Gasteiger partial charge in [-0.25, -0.2) is 9.18 Å². The van der Waals surface area contributed by atoms with E-state index in [-0.39, 0.29) is 5.75 Å². The molecule has 3 aromatic rings. The van der Waals surface area contributed by atoms with Gasteiger partial charge in [0.15, 0.2) is 11.6 Å². The third-order valence-corrected chi connectivity index (χ3v) is 4.97. The molecule has 0 spiro atoms. The highest BCUT2D eigenvalue weighted by Gasteiger charge is 2.38. The maximum absolute atomic E-state index is 13.9. The number of hydrogen-bond acceptors (Lipinski definition) is 5. The van der Waals surface area contributed by atoms with Crippen LogP contribution in [0.5, 0.6) is 11.5 Å². The van der Waals surface area contributed by atoms with Gasteiger partial charge in [-0.2, -0.15) is 18.3 Å². The van der Waals surface area contributed by atoms with Crippen molar-refractivity contribution in [2.75, 3.05) is 19.7 Å². The van der Waals surface area contributed by atoms with E-state index in [9.17, 15) is 22.7 Å². The van der Waals surface area contributed by atoms with Crippen molar-refractivity contribution >= 4 is 16.9 Å². The topological polar surface area (TPSA) is 107 Å². The van der Waals surface area contributed by atoms with Crippen LogP contribution in [0.3, 0.4) is 0 Å². The minimum absolute atomic E-state index is 0.322. The first kappa shape index (κ1) is 23.3. The molecule has 0 atom stereocenters. The number of aromatic hydroxyl groups is 1. The van der Waals surface area contributed by atoms with Crippen LogP contribution in [0.15, 0.2) is 30.5 Å². The van der Waals surface area contributed by atoms with Gasteiger partial charge in [0.25, 0.3) is 0 Å². The zero-order valence-electron chi connectivity index (χ0n) is 17.0. The molecule has 1 saturated heterocycles. The minimum Gasteiger partial charge on any atom is -0.505 e. The average Bonchev–Trinajstić information content (AvgIpc) is 3.17. The van der Waals surface area contributed by atoms with Gasteiger partial charge in [0, 0.05) is 19.0 Å². The number of hydrogen-bond donors (Lipinski definition) is 4. The Hall–Kier alpha value is -3.34. The Bertz CT molecular complexity index is 1110. The number of phenols is 1. The predicted octanol–water partition coefficient (Wildman–Crippen LogP) is 3.87. The van der Waals surface area contributed by atoms with E-state index >= 15 is 0 Å². The Balaban J connectivity index is 0.000000360. The molecule has 0 saturated carbocycles. The van der Waals surface area contributed by atoms with Gasteiger partial charge < -0.3 is 20.3 Å². The van der Waals surface area contributed by atoms with Gasteiger partial charge in [-0.1, -0.05) is 6.92 Å². The lowest BCUT2D eigenvalue weighted by Gasteiger charge is -2.27. The fourth-order valence-corrected chi connectivity index (χ4v) is 3.13. The number of rotatable bonds is 5. The molecular weight excluding hydrogens is 434 g/mol. The van der Waals surface area contributed by atoms with Crippen molar-refractivity contribution in [1.29, 1.82) is 0 Å². The van der Waals surface area contributed by atoms with Gasteiger partial charge in [0.05, 0.1) is 23.7 Å². The van der Waals surface area contributed by atoms with E-state index in [2.05, 4.69) is 15.5 Å². The van der Waals surface area contributed by atoms with E-state index < -0.39 is 18.0 Å². The molecule has 0 radical (unpaired) electrons. The van der Waals surface area contributed by atoms with Crippen molar-refractivity contribution in [1.82, 2.24) is 15.5 Å². The highest BCUT2D eigenvalue weighted by molar-refractivity contribution is 5.90. The summed E-state index contributed by atoms with van der Waals surface area (Å²) in [7, 11) is 0. The van der Waals surface area contributed by atoms with Crippen LogP contribution in [-0.4, -0.2) is 52.3 Å². The van der Waals surface area contributed by atoms with Crippen molar-refractivity contribution in [2.24, 2.45) is 5.92 Å². The van der Waals surface area contributed by atoms with Gasteiger partial charge in [-0.15, -0.1) is 0 Å². The summed E-state index contributed by atoms with van der Waals surface area (Å²) in [6, 6.07) is 6.73. The molecule has 0 bridgehead atoms. The standard InChI is InChI=1S/C19H20FN3O2.C2HF3O2/c1-2-12-4-18(24)16(20)6-14(12)13-3-17-15(9-22-23-17)19(5-13)25-10-11-7-21-8-11;3-2(4,5)1(6)7/h3-6,9,11,21,24H,2,7-8,10H2,1H3,(H,22,23);(H,6,7). The molecule has 4 N–H and O–H groups in total. The van der Waals surface area contributed by atoms with E-state index in [1.54, 1.807) is 6.20 Å². The first-order chi connectivity index (χ1) is 15.1. The van der Waals surface area contributed by atoms with Crippen LogP contribution in [0.1, 0.15) is 12.5 Å². The van der Waals surface area contributed by atoms with Crippen LogP contribution >= 0.6 is 0 Å². The Kier molecular flexibility index (Phi) is 6.87. The number of aromatic nitrogens is 2. The molecule has 0 amide bonds. The zero-order valence-corrected chi connectivity index (χ0v) is 17.0. The molecule has 2 heterocycles. The van der Waals surface area contributed by atoms with Crippen LogP contribution in [0, 0.1) is 11.7 Å². The molecule has 1 aliphatic rings. The maximum Gasteiger partial charge on any atom is 0.490 e. The zero-order chi connectivity index (χ0) is 23.5. The molecule has 0 unspecified atom stereocenters. The van der Waals surface area contributed by atoms with Crippen molar-refractivity contribution in [3.05, 3.63) is 41.8 Å². The third-order valence-electron chi connectivity index (χ3n) is 4.97. The number of aryl methyl sites for hydroxylation is 1. The summed E-state index contributed by atoms with van der Waals surface area (Å²) >= 11 is 0. The summed E-state index contributed by atoms with van der Waals surface area (Å²) in [6.45, 7) is 4.56. The van der Waals surface area contributed by atoms with Gasteiger partial charge in [0.1, 0.15) is 5.75 Å². The fraction of sp³-hybridized carbons (Fsp3) is 0.333. The second-order valence-electron chi connectivity index (χ2n) is 7.26. The van der Waals surface area contributed by atoms with Crippen LogP contribution in [0.4, 0.5) is 17.6 Å². The maximum atomic E-state index is 13.9. The lowest BCUT2D eigenvalue weighted by molar-refractivity contribution is -0.192. The summed E-state index contributed by atoms with van der Waals surface area (Å²) in [4.78, 5) is 8.90. The van der Waals surface area contributed by atoms with Gasteiger partial charge >= 0.3 is 12.1 Å². The number of halogens is 4. The third kappa shape index (κ3) is 5.28. The van der Waals surface area contributed by atoms with Crippen LogP contribution < -0.4 is 10.1 Å². The van der Waals surface area contributed by atoms with Gasteiger partial charge in [0.2, 0.25) is 0 Å². The number of alkyl halides is 3. The summed E-state index contributed by atoms with van der Waals surface area (Å²) in [5.41, 5.74) is 3.32. The van der Waals surface area contributed by atoms with Crippen molar-refractivity contribution in [2.45, 2.75) is 19.5 Å². The quantitative estimate of drug-likeness (QED) is 0.435. The first-order valence-electron chi connectivity index (χ1n) is 9.72. The Morgan fingerprint density at radius 2 is 1.94 bits per heavy atom. The van der Waals surface area contributed by atoms with E-state index in [0.29, 0.717) is 18.9 Å². The number of aliphatic carboxylic acids is 1. The number of carboxylic acids is 1. The number of benzene rings is 2. The van der Waals surface area contributed by atoms with Gasteiger partial charge in [-0.3, -0.25) is 5.10 Å². The summed E-state index contributed by atoms with van der Waals surface area (Å²) in [6.07, 6.45) is -2.65. The largest absolute Gasteiger partial charge is 0.505 e. The minimum atomic E-state index is -5.08. The number of phenolic OH excluding ortho intramolecular Hbond substituents is 1. The number of fused-ring (bicyclic) bond motifs is 1. The molecule has 2 aromatic carbocycles. The second-order valence-corrected chi connectivity index (χ2v) is 7.26. The van der Waals surface area contributed by atoms with Crippen LogP contribution in [0.25, 0.3) is 22.0 Å². The van der Waals surface area contributed by atoms with Crippen molar-refractivity contribution in [3.63, 3.8) is 0 Å². The molecule has 1 aromatic heterocycles. The Labute approximate surface area is 180 Å². The predicted molar refractivity (Wildman–Crippen MR) is 108 cm³/mol. The molecule has 4 rings (SSSR count). The normalized spacial score (nSPS) is 13.9. The Morgan fingerprint density at radius 3 is 2.50 bits per heavy atom. The van der Waals surface area contributed by atoms with E-state index in [1.807, 2.05) is 19.1 Å². The summed E-state index contributed by atoms with van der Waals surface area (Å²) < 4.78 is 51.7. The van der Waals surface area contributed by atoms with E-state index in [4.69, 9.17) is 14.6 Å². The molecule has 172 valence electrons. The molecule has 1 fully saturated rings. The van der Waals surface area contributed by atoms with Crippen molar-refractivity contribution in [3.8, 4) is 22.6 Å². The van der Waals surface area contributed by atoms with E-state index in [0.717, 1.165) is 46.4 Å². The molecule has 1 aliphatic heterocycles. The summed E-state index contributed by atoms with van der Waals surface area (Å²) in [5, 5.41) is 28.0. The molecule has 11 heteroatoms. The summed E-state index contributed by atoms with van der Waals surface area (Å²) in [5.74, 6) is -2.45. The lowest BCUT2D eigenvalue weighted by atomic mass is 9.96. The second kappa shape index (κ2) is 9.43. The fourth-order valence-electron chi connectivity index (χ4n) is 3.13. The SMILES string of the molecule is CCc1cc(O)c(F)cc1-c1cc(OCC2CNC2)c2cn[nH]c2c1.O=C(O)C(F)(F)F. The van der Waals surface area contributed by atoms with Crippen LogP contribution in [-0.2, 0) is 11.2 Å². The molecular formula is C21H21F4N3O4. The number of H-pyrrole nitrogens is 1. The first-order valence-corrected chi connectivity index (χ1v) is 9.72. The highest BCUT2D eigenvalue weighted by Crippen LogP contribution is 2.35. The molecule has 7 nitrogen and oxygen atoms in total.